The van der Waals surface area contributed by atoms with E-state index in [0.717, 1.165) is 11.4 Å². The molecule has 0 saturated heterocycles. The Morgan fingerprint density at radius 3 is 2.79 bits per heavy atom. The number of hydrogen-bond donors (Lipinski definition) is 1. The molecule has 4 nitrogen and oxygen atoms in total. The number of esters is 1. The predicted molar refractivity (Wildman–Crippen MR) is 54.1 cm³/mol. The maximum atomic E-state index is 11.3. The highest BCUT2D eigenvalue weighted by atomic mass is 16.5. The van der Waals surface area contributed by atoms with Crippen molar-refractivity contribution >= 4 is 11.7 Å². The van der Waals surface area contributed by atoms with Gasteiger partial charge < -0.3 is 10.5 Å². The van der Waals surface area contributed by atoms with E-state index >= 15 is 0 Å². The quantitative estimate of drug-likeness (QED) is 0.721. The van der Waals surface area contributed by atoms with Crippen molar-refractivity contribution in [1.29, 1.82) is 0 Å². The summed E-state index contributed by atoms with van der Waals surface area (Å²) in [6.07, 6.45) is 0.686. The molecule has 0 aromatic carbocycles. The lowest BCUT2D eigenvalue weighted by molar-refractivity contribution is 0.0599. The minimum atomic E-state index is -0.388. The first-order chi connectivity index (χ1) is 6.60. The lowest BCUT2D eigenvalue weighted by Crippen LogP contribution is -2.09. The van der Waals surface area contributed by atoms with E-state index in [-0.39, 0.29) is 5.97 Å². The molecule has 76 valence electrons. The van der Waals surface area contributed by atoms with Crippen LogP contribution in [0, 0.1) is 6.92 Å². The fraction of sp³-hybridized carbons (Fsp3) is 0.400. The van der Waals surface area contributed by atoms with E-state index in [4.69, 9.17) is 5.73 Å². The van der Waals surface area contributed by atoms with Gasteiger partial charge in [0.05, 0.1) is 29.7 Å². The summed E-state index contributed by atoms with van der Waals surface area (Å²) in [5, 5.41) is 0. The molecule has 4 heteroatoms. The lowest BCUT2D eigenvalue weighted by Gasteiger charge is -2.08. The first-order valence-corrected chi connectivity index (χ1v) is 4.44. The zero-order valence-electron chi connectivity index (χ0n) is 8.63. The average Bonchev–Trinajstić information content (AvgIpc) is 2.20. The van der Waals surface area contributed by atoms with Crippen LogP contribution in [0.1, 0.15) is 28.7 Å². The Bertz CT molecular complexity index is 361. The Hall–Kier alpha value is -1.58. The smallest absolute Gasteiger partial charge is 0.339 e. The molecule has 1 heterocycles. The molecule has 1 aromatic heterocycles. The summed E-state index contributed by atoms with van der Waals surface area (Å²) in [5.74, 6) is -0.388. The first kappa shape index (κ1) is 10.5. The van der Waals surface area contributed by atoms with Crippen LogP contribution in [0.15, 0.2) is 6.07 Å². The molecule has 0 atom stereocenters. The summed E-state index contributed by atoms with van der Waals surface area (Å²) in [7, 11) is 1.35. The normalized spacial score (nSPS) is 9.93. The fourth-order valence-electron chi connectivity index (χ4n) is 1.23. The van der Waals surface area contributed by atoms with Gasteiger partial charge in [0.25, 0.3) is 0 Å². The van der Waals surface area contributed by atoms with Crippen LogP contribution in [0.3, 0.4) is 0 Å². The van der Waals surface area contributed by atoms with E-state index in [2.05, 4.69) is 9.72 Å². The predicted octanol–water partition coefficient (Wildman–Crippen LogP) is 1.32. The van der Waals surface area contributed by atoms with Crippen molar-refractivity contribution in [2.45, 2.75) is 20.3 Å². The van der Waals surface area contributed by atoms with Gasteiger partial charge in [-0.15, -0.1) is 0 Å². The van der Waals surface area contributed by atoms with E-state index < -0.39 is 0 Å². The second kappa shape index (κ2) is 4.09. The number of ether oxygens (including phenoxy) is 1. The van der Waals surface area contributed by atoms with Gasteiger partial charge in [0.15, 0.2) is 0 Å². The van der Waals surface area contributed by atoms with Gasteiger partial charge in [-0.1, -0.05) is 6.92 Å². The fourth-order valence-corrected chi connectivity index (χ4v) is 1.23. The molecule has 0 unspecified atom stereocenters. The largest absolute Gasteiger partial charge is 0.465 e. The van der Waals surface area contributed by atoms with Gasteiger partial charge in [0.1, 0.15) is 0 Å². The van der Waals surface area contributed by atoms with Gasteiger partial charge in [-0.25, -0.2) is 4.79 Å². The third-order valence-corrected chi connectivity index (χ3v) is 2.07. The molecule has 0 amide bonds. The standard InChI is InChI=1S/C10H14N2O2/c1-4-9-7(10(13)14-3)5-8(11)6(2)12-9/h5H,4,11H2,1-3H3. The van der Waals surface area contributed by atoms with Crippen LogP contribution >= 0.6 is 0 Å². The average molecular weight is 194 g/mol. The molecule has 2 N–H and O–H groups in total. The zero-order chi connectivity index (χ0) is 10.7. The number of carbonyl (C=O) groups is 1. The molecule has 0 saturated carbocycles. The van der Waals surface area contributed by atoms with Gasteiger partial charge in [-0.2, -0.15) is 0 Å². The molecule has 14 heavy (non-hydrogen) atoms. The number of aromatic nitrogens is 1. The van der Waals surface area contributed by atoms with Crippen molar-refractivity contribution in [2.24, 2.45) is 0 Å². The number of nitrogen functional groups attached to an aromatic ring is 1. The number of hydrogen-bond acceptors (Lipinski definition) is 4. The number of carbonyl (C=O) groups excluding carboxylic acids is 1. The summed E-state index contributed by atoms with van der Waals surface area (Å²) in [5.41, 5.74) is 8.11. The summed E-state index contributed by atoms with van der Waals surface area (Å²) < 4.78 is 4.64. The number of methoxy groups -OCH3 is 1. The minimum Gasteiger partial charge on any atom is -0.465 e. The van der Waals surface area contributed by atoms with Crippen LogP contribution in [-0.2, 0) is 11.2 Å². The Morgan fingerprint density at radius 1 is 1.64 bits per heavy atom. The van der Waals surface area contributed by atoms with Crippen molar-refractivity contribution in [3.63, 3.8) is 0 Å². The molecule has 0 bridgehead atoms. The third kappa shape index (κ3) is 1.84. The number of nitrogens with zero attached hydrogens (tertiary/aromatic N) is 1. The van der Waals surface area contributed by atoms with Crippen molar-refractivity contribution in [2.75, 3.05) is 12.8 Å². The molecular weight excluding hydrogens is 180 g/mol. The Kier molecular flexibility index (Phi) is 3.06. The maximum absolute atomic E-state index is 11.3. The van der Waals surface area contributed by atoms with E-state index in [0.29, 0.717) is 17.7 Å². The number of pyridine rings is 1. The Labute approximate surface area is 83.1 Å². The summed E-state index contributed by atoms with van der Waals surface area (Å²) in [4.78, 5) is 15.6. The van der Waals surface area contributed by atoms with Gasteiger partial charge in [-0.05, 0) is 19.4 Å². The van der Waals surface area contributed by atoms with Gasteiger partial charge >= 0.3 is 5.97 Å². The molecule has 0 spiro atoms. The number of aryl methyl sites for hydroxylation is 2. The van der Waals surface area contributed by atoms with Crippen molar-refractivity contribution in [3.05, 3.63) is 23.0 Å². The molecule has 0 aliphatic rings. The van der Waals surface area contributed by atoms with Crippen molar-refractivity contribution < 1.29 is 9.53 Å². The second-order valence-corrected chi connectivity index (χ2v) is 3.00. The second-order valence-electron chi connectivity index (χ2n) is 3.00. The summed E-state index contributed by atoms with van der Waals surface area (Å²) >= 11 is 0. The van der Waals surface area contributed by atoms with E-state index in [1.54, 1.807) is 6.07 Å². The highest BCUT2D eigenvalue weighted by molar-refractivity contribution is 5.91. The molecule has 0 fully saturated rings. The van der Waals surface area contributed by atoms with Gasteiger partial charge in [-0.3, -0.25) is 4.98 Å². The SMILES string of the molecule is CCc1nc(C)c(N)cc1C(=O)OC. The van der Waals surface area contributed by atoms with Crippen LogP contribution in [0.5, 0.6) is 0 Å². The van der Waals surface area contributed by atoms with E-state index in [9.17, 15) is 4.79 Å². The monoisotopic (exact) mass is 194 g/mol. The van der Waals surface area contributed by atoms with Gasteiger partial charge in [0.2, 0.25) is 0 Å². The highest BCUT2D eigenvalue weighted by Gasteiger charge is 2.13. The maximum Gasteiger partial charge on any atom is 0.339 e. The topological polar surface area (TPSA) is 65.2 Å². The van der Waals surface area contributed by atoms with Crippen LogP contribution < -0.4 is 5.73 Å². The molecule has 1 rings (SSSR count). The van der Waals surface area contributed by atoms with Crippen molar-refractivity contribution in [3.8, 4) is 0 Å². The summed E-state index contributed by atoms with van der Waals surface area (Å²) in [6.45, 7) is 3.75. The van der Waals surface area contributed by atoms with Crippen LogP contribution in [0.2, 0.25) is 0 Å². The Balaban J connectivity index is 3.27. The summed E-state index contributed by atoms with van der Waals surface area (Å²) in [6, 6.07) is 1.62. The van der Waals surface area contributed by atoms with E-state index in [1.807, 2.05) is 13.8 Å². The van der Waals surface area contributed by atoms with Gasteiger partial charge in [0, 0.05) is 0 Å². The molecule has 0 aliphatic carbocycles. The molecule has 1 aromatic rings. The highest BCUT2D eigenvalue weighted by Crippen LogP contribution is 2.16. The number of rotatable bonds is 2. The zero-order valence-corrected chi connectivity index (χ0v) is 8.63. The third-order valence-electron chi connectivity index (χ3n) is 2.07. The molecule has 0 radical (unpaired) electrons. The number of nitrogens with two attached hydrogens (primary N) is 1. The Morgan fingerprint density at radius 2 is 2.29 bits per heavy atom. The molecule has 0 aliphatic heterocycles. The number of anilines is 1. The minimum absolute atomic E-state index is 0.388. The van der Waals surface area contributed by atoms with Crippen molar-refractivity contribution in [1.82, 2.24) is 4.98 Å². The van der Waals surface area contributed by atoms with Crippen LogP contribution in [-0.4, -0.2) is 18.1 Å². The first-order valence-electron chi connectivity index (χ1n) is 4.44. The van der Waals surface area contributed by atoms with Crippen LogP contribution in [0.4, 0.5) is 5.69 Å². The molecular formula is C10H14N2O2. The lowest BCUT2D eigenvalue weighted by atomic mass is 10.1. The van der Waals surface area contributed by atoms with Crippen LogP contribution in [0.25, 0.3) is 0 Å². The van der Waals surface area contributed by atoms with E-state index in [1.165, 1.54) is 7.11 Å².